The quantitative estimate of drug-likeness (QED) is 0.815. The van der Waals surface area contributed by atoms with Crippen molar-refractivity contribution >= 4 is 51.5 Å². The van der Waals surface area contributed by atoms with Crippen LogP contribution in [0.25, 0.3) is 10.2 Å². The minimum atomic E-state index is 0. The van der Waals surface area contributed by atoms with E-state index < -0.39 is 0 Å². The fourth-order valence-corrected chi connectivity index (χ4v) is 3.86. The van der Waals surface area contributed by atoms with Crippen molar-refractivity contribution in [2.45, 2.75) is 25.7 Å². The molecule has 1 aliphatic rings. The van der Waals surface area contributed by atoms with E-state index in [1.807, 2.05) is 18.2 Å². The second kappa shape index (κ2) is 8.83. The van der Waals surface area contributed by atoms with Gasteiger partial charge in [0.05, 0.1) is 15.2 Å². The van der Waals surface area contributed by atoms with Crippen molar-refractivity contribution in [2.75, 3.05) is 19.6 Å². The number of rotatable bonds is 6. The number of aromatic nitrogens is 1. The lowest BCUT2D eigenvalue weighted by Gasteiger charge is -2.08. The van der Waals surface area contributed by atoms with E-state index in [0.29, 0.717) is 23.9 Å². The average Bonchev–Trinajstić information content (AvgIpc) is 3.13. The normalized spacial score (nSPS) is 17.2. The van der Waals surface area contributed by atoms with Gasteiger partial charge in [-0.05, 0) is 50.0 Å². The highest BCUT2D eigenvalue weighted by Gasteiger charge is 2.15. The Kier molecular flexibility index (Phi) is 7.09. The van der Waals surface area contributed by atoms with Gasteiger partial charge in [0.15, 0.2) is 0 Å². The summed E-state index contributed by atoms with van der Waals surface area (Å²) >= 11 is 7.63. The molecule has 1 aliphatic heterocycles. The number of nitrogens with one attached hydrogen (secondary N) is 2. The molecule has 1 saturated heterocycles. The van der Waals surface area contributed by atoms with E-state index in [4.69, 9.17) is 11.6 Å². The first kappa shape index (κ1) is 18.5. The summed E-state index contributed by atoms with van der Waals surface area (Å²) in [5, 5.41) is 8.07. The van der Waals surface area contributed by atoms with E-state index in [2.05, 4.69) is 15.6 Å². The SMILES string of the molecule is Cl.O=C(CCC1CCNC1)NCCc1nc2cc(Cl)ccc2s1. The van der Waals surface area contributed by atoms with Gasteiger partial charge in [-0.15, -0.1) is 23.7 Å². The van der Waals surface area contributed by atoms with Gasteiger partial charge in [0.1, 0.15) is 0 Å². The molecule has 2 aromatic rings. The third kappa shape index (κ3) is 5.31. The number of carbonyl (C=O) groups excluding carboxylic acids is 1. The Morgan fingerprint density at radius 1 is 1.48 bits per heavy atom. The molecular weight excluding hydrogens is 353 g/mol. The van der Waals surface area contributed by atoms with Gasteiger partial charge in [0.2, 0.25) is 5.91 Å². The molecule has 0 bridgehead atoms. The maximum absolute atomic E-state index is 11.8. The summed E-state index contributed by atoms with van der Waals surface area (Å²) in [6.45, 7) is 2.80. The predicted molar refractivity (Wildman–Crippen MR) is 98.8 cm³/mol. The summed E-state index contributed by atoms with van der Waals surface area (Å²) < 4.78 is 1.14. The van der Waals surface area contributed by atoms with Gasteiger partial charge >= 0.3 is 0 Å². The van der Waals surface area contributed by atoms with Gasteiger partial charge in [-0.25, -0.2) is 4.98 Å². The monoisotopic (exact) mass is 373 g/mol. The number of fused-ring (bicyclic) bond motifs is 1. The van der Waals surface area contributed by atoms with Gasteiger partial charge in [-0.1, -0.05) is 11.6 Å². The predicted octanol–water partition coefficient (Wildman–Crippen LogP) is 3.42. The Balaban J connectivity index is 0.00000192. The standard InChI is InChI=1S/C16H20ClN3OS.ClH/c17-12-2-3-14-13(9-12)20-16(22-14)6-8-19-15(21)4-1-11-5-7-18-10-11;/h2-3,9,11,18H,1,4-8,10H2,(H,19,21);1H. The molecule has 3 rings (SSSR count). The number of benzene rings is 1. The maximum atomic E-state index is 11.8. The van der Waals surface area contributed by atoms with Crippen LogP contribution >= 0.6 is 35.3 Å². The third-order valence-corrected chi connectivity index (χ3v) is 5.33. The van der Waals surface area contributed by atoms with E-state index in [-0.39, 0.29) is 18.3 Å². The van der Waals surface area contributed by atoms with E-state index in [1.165, 1.54) is 6.42 Å². The van der Waals surface area contributed by atoms with Crippen molar-refractivity contribution in [1.82, 2.24) is 15.6 Å². The smallest absolute Gasteiger partial charge is 0.220 e. The third-order valence-electron chi connectivity index (χ3n) is 4.00. The molecule has 23 heavy (non-hydrogen) atoms. The molecule has 1 amide bonds. The van der Waals surface area contributed by atoms with Gasteiger partial charge in [0, 0.05) is 24.4 Å². The second-order valence-electron chi connectivity index (χ2n) is 5.72. The fourth-order valence-electron chi connectivity index (χ4n) is 2.75. The fraction of sp³-hybridized carbons (Fsp3) is 0.500. The Hall–Kier alpha value is -0.880. The second-order valence-corrected chi connectivity index (χ2v) is 7.27. The van der Waals surface area contributed by atoms with Crippen molar-refractivity contribution in [3.63, 3.8) is 0 Å². The summed E-state index contributed by atoms with van der Waals surface area (Å²) in [6.07, 6.45) is 3.58. The van der Waals surface area contributed by atoms with Crippen molar-refractivity contribution < 1.29 is 4.79 Å². The zero-order valence-corrected chi connectivity index (χ0v) is 15.2. The number of hydrogen-bond donors (Lipinski definition) is 2. The molecule has 1 atom stereocenters. The average molecular weight is 374 g/mol. The van der Waals surface area contributed by atoms with Gasteiger partial charge in [0.25, 0.3) is 0 Å². The first-order valence-corrected chi connectivity index (χ1v) is 8.92. The maximum Gasteiger partial charge on any atom is 0.220 e. The lowest BCUT2D eigenvalue weighted by atomic mass is 10.0. The molecule has 0 radical (unpaired) electrons. The van der Waals surface area contributed by atoms with Crippen LogP contribution in [0.3, 0.4) is 0 Å². The number of amides is 1. The van der Waals surface area contributed by atoms with Crippen LogP contribution in [0.5, 0.6) is 0 Å². The molecule has 126 valence electrons. The van der Waals surface area contributed by atoms with Crippen LogP contribution in [0.15, 0.2) is 18.2 Å². The topological polar surface area (TPSA) is 54.0 Å². The summed E-state index contributed by atoms with van der Waals surface area (Å²) in [6, 6.07) is 5.75. The minimum absolute atomic E-state index is 0. The van der Waals surface area contributed by atoms with Gasteiger partial charge in [-0.2, -0.15) is 0 Å². The van der Waals surface area contributed by atoms with Crippen molar-refractivity contribution in [2.24, 2.45) is 5.92 Å². The molecule has 2 heterocycles. The van der Waals surface area contributed by atoms with Crippen molar-refractivity contribution in [3.8, 4) is 0 Å². The molecule has 4 nitrogen and oxygen atoms in total. The van der Waals surface area contributed by atoms with Crippen LogP contribution in [0.1, 0.15) is 24.3 Å². The summed E-state index contributed by atoms with van der Waals surface area (Å²) in [7, 11) is 0. The summed E-state index contributed by atoms with van der Waals surface area (Å²) in [5.41, 5.74) is 0.938. The number of carbonyl (C=O) groups is 1. The Labute approximate surface area is 151 Å². The Morgan fingerprint density at radius 2 is 2.35 bits per heavy atom. The van der Waals surface area contributed by atoms with E-state index in [0.717, 1.165) is 41.2 Å². The van der Waals surface area contributed by atoms with E-state index in [9.17, 15) is 4.79 Å². The molecule has 1 aromatic carbocycles. The first-order valence-electron chi connectivity index (χ1n) is 7.73. The number of nitrogens with zero attached hydrogens (tertiary/aromatic N) is 1. The summed E-state index contributed by atoms with van der Waals surface area (Å²) in [5.74, 6) is 0.816. The molecule has 1 aromatic heterocycles. The molecule has 0 spiro atoms. The zero-order chi connectivity index (χ0) is 15.4. The summed E-state index contributed by atoms with van der Waals surface area (Å²) in [4.78, 5) is 16.4. The highest BCUT2D eigenvalue weighted by molar-refractivity contribution is 7.18. The van der Waals surface area contributed by atoms with Gasteiger partial charge in [-0.3, -0.25) is 4.79 Å². The van der Waals surface area contributed by atoms with E-state index in [1.54, 1.807) is 11.3 Å². The molecule has 7 heteroatoms. The first-order chi connectivity index (χ1) is 10.7. The number of halogens is 2. The lowest BCUT2D eigenvalue weighted by molar-refractivity contribution is -0.121. The molecule has 0 saturated carbocycles. The van der Waals surface area contributed by atoms with Crippen LogP contribution in [0.2, 0.25) is 5.02 Å². The zero-order valence-electron chi connectivity index (χ0n) is 12.8. The number of thiazole rings is 1. The lowest BCUT2D eigenvalue weighted by Crippen LogP contribution is -2.26. The van der Waals surface area contributed by atoms with Crippen LogP contribution in [-0.4, -0.2) is 30.5 Å². The highest BCUT2D eigenvalue weighted by atomic mass is 35.5. The van der Waals surface area contributed by atoms with E-state index >= 15 is 0 Å². The van der Waals surface area contributed by atoms with Crippen LogP contribution in [-0.2, 0) is 11.2 Å². The molecule has 2 N–H and O–H groups in total. The largest absolute Gasteiger partial charge is 0.356 e. The van der Waals surface area contributed by atoms with Gasteiger partial charge < -0.3 is 10.6 Å². The highest BCUT2D eigenvalue weighted by Crippen LogP contribution is 2.25. The minimum Gasteiger partial charge on any atom is -0.356 e. The molecular formula is C16H21Cl2N3OS. The Morgan fingerprint density at radius 3 is 3.13 bits per heavy atom. The van der Waals surface area contributed by atoms with Crippen LogP contribution in [0, 0.1) is 5.92 Å². The van der Waals surface area contributed by atoms with Crippen LogP contribution in [0.4, 0.5) is 0 Å². The van der Waals surface area contributed by atoms with Crippen LogP contribution < -0.4 is 10.6 Å². The molecule has 1 fully saturated rings. The van der Waals surface area contributed by atoms with Crippen molar-refractivity contribution in [1.29, 1.82) is 0 Å². The Bertz CT molecular complexity index is 656. The van der Waals surface area contributed by atoms with Crippen molar-refractivity contribution in [3.05, 3.63) is 28.2 Å². The molecule has 1 unspecified atom stereocenters. The molecule has 0 aliphatic carbocycles. The number of hydrogen-bond acceptors (Lipinski definition) is 4.